The molecule has 422 valence electrons. The van der Waals surface area contributed by atoms with E-state index in [1.807, 2.05) is 0 Å². The van der Waals surface area contributed by atoms with Crippen LogP contribution in [-0.2, 0) is 28.6 Å². The van der Waals surface area contributed by atoms with Crippen LogP contribution in [0.2, 0.25) is 0 Å². The molecule has 0 aromatic heterocycles. The van der Waals surface area contributed by atoms with Crippen molar-refractivity contribution in [2.45, 2.75) is 290 Å². The third-order valence-electron chi connectivity index (χ3n) is 13.0. The summed E-state index contributed by atoms with van der Waals surface area (Å²) < 4.78 is 16.8. The highest BCUT2D eigenvalue weighted by molar-refractivity contribution is 5.71. The number of carbonyl (C=O) groups excluding carboxylic acids is 3. The number of hydrogen-bond donors (Lipinski definition) is 0. The monoisotopic (exact) mass is 1030 g/mol. The number of esters is 3. The molecular formula is C68H114O6. The van der Waals surface area contributed by atoms with E-state index in [0.29, 0.717) is 19.3 Å². The zero-order valence-corrected chi connectivity index (χ0v) is 48.3. The maximum absolute atomic E-state index is 12.9. The Labute approximate surface area is 457 Å². The Bertz CT molecular complexity index is 1510. The zero-order chi connectivity index (χ0) is 53.6. The van der Waals surface area contributed by atoms with Crippen molar-refractivity contribution in [1.29, 1.82) is 0 Å². The van der Waals surface area contributed by atoms with Crippen molar-refractivity contribution in [3.63, 3.8) is 0 Å². The first kappa shape index (κ1) is 70.1. The molecule has 0 aromatic carbocycles. The first-order chi connectivity index (χ1) is 36.5. The van der Waals surface area contributed by atoms with E-state index >= 15 is 0 Å². The van der Waals surface area contributed by atoms with Crippen molar-refractivity contribution in [2.24, 2.45) is 0 Å². The van der Waals surface area contributed by atoms with Gasteiger partial charge in [-0.1, -0.05) is 265 Å². The SMILES string of the molecule is CC/C=C\C/C=C\C/C=C\C/C=C\C/C=C\C/C=C\C/C=C\CCCCCCCCCC(=O)OCC(COC(=O)CCCCCCCCCCC)OC(=O)CCCCCCCCC/C=C\C/C=C\CCCCCC. The third-order valence-corrected chi connectivity index (χ3v) is 13.0. The predicted molar refractivity (Wildman–Crippen MR) is 320 cm³/mol. The van der Waals surface area contributed by atoms with E-state index in [9.17, 15) is 14.4 Å². The van der Waals surface area contributed by atoms with E-state index in [1.54, 1.807) is 0 Å². The van der Waals surface area contributed by atoms with Crippen molar-refractivity contribution in [3.8, 4) is 0 Å². The quantitative estimate of drug-likeness (QED) is 0.0261. The van der Waals surface area contributed by atoms with E-state index < -0.39 is 6.10 Å². The molecule has 0 saturated carbocycles. The molecule has 0 heterocycles. The second-order valence-corrected chi connectivity index (χ2v) is 20.2. The summed E-state index contributed by atoms with van der Waals surface area (Å²) in [6, 6.07) is 0. The number of rotatable bonds is 55. The summed E-state index contributed by atoms with van der Waals surface area (Å²) in [6.45, 7) is 6.48. The van der Waals surface area contributed by atoms with E-state index in [-0.39, 0.29) is 31.1 Å². The summed E-state index contributed by atoms with van der Waals surface area (Å²) in [4.78, 5) is 38.1. The lowest BCUT2D eigenvalue weighted by Crippen LogP contribution is -2.30. The van der Waals surface area contributed by atoms with Crippen LogP contribution in [0.15, 0.2) is 109 Å². The molecule has 0 N–H and O–H groups in total. The summed E-state index contributed by atoms with van der Waals surface area (Å²) in [7, 11) is 0. The van der Waals surface area contributed by atoms with Gasteiger partial charge in [0.15, 0.2) is 6.10 Å². The Hall–Kier alpha value is -3.93. The maximum Gasteiger partial charge on any atom is 0.306 e. The average Bonchev–Trinajstić information content (AvgIpc) is 3.40. The van der Waals surface area contributed by atoms with Crippen LogP contribution in [0, 0.1) is 0 Å². The molecule has 0 aliphatic carbocycles. The lowest BCUT2D eigenvalue weighted by molar-refractivity contribution is -0.167. The minimum atomic E-state index is -0.786. The largest absolute Gasteiger partial charge is 0.462 e. The Morgan fingerprint density at radius 2 is 0.527 bits per heavy atom. The normalized spacial score (nSPS) is 12.9. The summed E-state index contributed by atoms with van der Waals surface area (Å²) in [6.07, 6.45) is 83.8. The summed E-state index contributed by atoms with van der Waals surface area (Å²) in [5, 5.41) is 0. The molecule has 74 heavy (non-hydrogen) atoms. The van der Waals surface area contributed by atoms with Crippen LogP contribution in [0.1, 0.15) is 284 Å². The van der Waals surface area contributed by atoms with E-state index in [0.717, 1.165) is 122 Å². The lowest BCUT2D eigenvalue weighted by atomic mass is 10.1. The lowest BCUT2D eigenvalue weighted by Gasteiger charge is -2.18. The molecule has 0 fully saturated rings. The Kier molecular flexibility index (Phi) is 58.3. The second kappa shape index (κ2) is 61.6. The van der Waals surface area contributed by atoms with E-state index in [2.05, 4.69) is 130 Å². The fourth-order valence-electron chi connectivity index (χ4n) is 8.39. The van der Waals surface area contributed by atoms with Crippen molar-refractivity contribution >= 4 is 17.9 Å². The van der Waals surface area contributed by atoms with Gasteiger partial charge in [-0.15, -0.1) is 0 Å². The Balaban J connectivity index is 4.26. The number of carbonyl (C=O) groups is 3. The first-order valence-corrected chi connectivity index (χ1v) is 30.9. The highest BCUT2D eigenvalue weighted by atomic mass is 16.6. The molecule has 0 aromatic rings. The molecule has 0 bridgehead atoms. The van der Waals surface area contributed by atoms with Crippen LogP contribution in [0.3, 0.4) is 0 Å². The zero-order valence-electron chi connectivity index (χ0n) is 48.3. The van der Waals surface area contributed by atoms with Crippen molar-refractivity contribution in [3.05, 3.63) is 109 Å². The van der Waals surface area contributed by atoms with Crippen LogP contribution in [0.5, 0.6) is 0 Å². The first-order valence-electron chi connectivity index (χ1n) is 30.9. The molecule has 0 saturated heterocycles. The van der Waals surface area contributed by atoms with Gasteiger partial charge in [-0.05, 0) is 109 Å². The Morgan fingerprint density at radius 1 is 0.284 bits per heavy atom. The molecule has 6 heteroatoms. The van der Waals surface area contributed by atoms with Gasteiger partial charge in [0.25, 0.3) is 0 Å². The molecular weight excluding hydrogens is 913 g/mol. The average molecular weight is 1030 g/mol. The molecule has 0 rings (SSSR count). The van der Waals surface area contributed by atoms with Gasteiger partial charge in [0.1, 0.15) is 13.2 Å². The predicted octanol–water partition coefficient (Wildman–Crippen LogP) is 21.0. The van der Waals surface area contributed by atoms with Crippen LogP contribution in [0.4, 0.5) is 0 Å². The van der Waals surface area contributed by atoms with Gasteiger partial charge < -0.3 is 14.2 Å². The number of allylic oxidation sites excluding steroid dienone is 18. The molecule has 0 spiro atoms. The van der Waals surface area contributed by atoms with Crippen LogP contribution in [-0.4, -0.2) is 37.2 Å². The standard InChI is InChI=1S/C68H114O6/c1-4-7-10-13-16-19-21-23-25-27-29-30-31-32-33-34-35-36-37-38-39-41-42-44-46-49-52-55-58-61-67(70)73-64-65(63-72-66(69)60-57-54-51-48-18-15-12-9-6-3)74-68(71)62-59-56-53-50-47-45-43-40-28-26-24-22-20-17-14-11-8-5-2/h7,10,16,19-20,22-23,25-26,28-30,32-33,35-36,38-39,65H,4-6,8-9,11-15,17-18,21,24,27,31,34,37,40-64H2,1-3H3/b10-7-,19-16-,22-20-,25-23-,28-26-,30-29-,33-32-,36-35-,39-38-. The van der Waals surface area contributed by atoms with Crippen LogP contribution < -0.4 is 0 Å². The number of unbranched alkanes of at least 4 members (excludes halogenated alkanes) is 26. The molecule has 6 nitrogen and oxygen atoms in total. The summed E-state index contributed by atoms with van der Waals surface area (Å²) >= 11 is 0. The van der Waals surface area contributed by atoms with Gasteiger partial charge in [0, 0.05) is 19.3 Å². The number of hydrogen-bond acceptors (Lipinski definition) is 6. The molecule has 0 aliphatic heterocycles. The van der Waals surface area contributed by atoms with Gasteiger partial charge >= 0.3 is 17.9 Å². The summed E-state index contributed by atoms with van der Waals surface area (Å²) in [5.74, 6) is -0.902. The molecule has 0 amide bonds. The molecule has 1 unspecified atom stereocenters. The minimum Gasteiger partial charge on any atom is -0.462 e. The van der Waals surface area contributed by atoms with Crippen LogP contribution >= 0.6 is 0 Å². The van der Waals surface area contributed by atoms with Gasteiger partial charge in [0.05, 0.1) is 0 Å². The highest BCUT2D eigenvalue weighted by Gasteiger charge is 2.19. The smallest absolute Gasteiger partial charge is 0.306 e. The maximum atomic E-state index is 12.9. The molecule has 0 radical (unpaired) electrons. The fourth-order valence-corrected chi connectivity index (χ4v) is 8.39. The van der Waals surface area contributed by atoms with Gasteiger partial charge in [-0.25, -0.2) is 0 Å². The van der Waals surface area contributed by atoms with Crippen LogP contribution in [0.25, 0.3) is 0 Å². The topological polar surface area (TPSA) is 78.9 Å². The number of ether oxygens (including phenoxy) is 3. The Morgan fingerprint density at radius 3 is 0.838 bits per heavy atom. The molecule has 1 atom stereocenters. The summed E-state index contributed by atoms with van der Waals surface area (Å²) in [5.41, 5.74) is 0. The van der Waals surface area contributed by atoms with E-state index in [1.165, 1.54) is 122 Å². The molecule has 0 aliphatic rings. The van der Waals surface area contributed by atoms with Gasteiger partial charge in [0.2, 0.25) is 0 Å². The minimum absolute atomic E-state index is 0.0838. The van der Waals surface area contributed by atoms with Gasteiger partial charge in [-0.3, -0.25) is 14.4 Å². The van der Waals surface area contributed by atoms with Crippen molar-refractivity contribution in [1.82, 2.24) is 0 Å². The third kappa shape index (κ3) is 59.0. The second-order valence-electron chi connectivity index (χ2n) is 20.2. The van der Waals surface area contributed by atoms with E-state index in [4.69, 9.17) is 14.2 Å². The fraction of sp³-hybridized carbons (Fsp3) is 0.691. The van der Waals surface area contributed by atoms with Crippen molar-refractivity contribution < 1.29 is 28.6 Å². The van der Waals surface area contributed by atoms with Crippen molar-refractivity contribution in [2.75, 3.05) is 13.2 Å². The highest BCUT2D eigenvalue weighted by Crippen LogP contribution is 2.15. The van der Waals surface area contributed by atoms with Gasteiger partial charge in [-0.2, -0.15) is 0 Å².